The van der Waals surface area contributed by atoms with Crippen molar-refractivity contribution in [3.8, 4) is 17.2 Å². The Hall–Kier alpha value is -2.20. The number of benzene rings is 2. The second kappa shape index (κ2) is 11.4. The molecule has 0 saturated heterocycles. The molecule has 2 aromatic carbocycles. The molecule has 0 unspecified atom stereocenters. The third-order valence-corrected chi connectivity index (χ3v) is 4.30. The molecule has 26 heavy (non-hydrogen) atoms. The zero-order valence-electron chi connectivity index (χ0n) is 16.2. The molecule has 0 aliphatic rings. The lowest BCUT2D eigenvalue weighted by Crippen LogP contribution is -2.12. The Morgan fingerprint density at radius 2 is 1.50 bits per heavy atom. The predicted molar refractivity (Wildman–Crippen MR) is 106 cm³/mol. The van der Waals surface area contributed by atoms with E-state index in [1.807, 2.05) is 24.3 Å². The van der Waals surface area contributed by atoms with Crippen LogP contribution in [0, 0.1) is 0 Å². The molecular weight excluding hydrogens is 326 g/mol. The molecule has 4 nitrogen and oxygen atoms in total. The molecule has 0 saturated carbocycles. The van der Waals surface area contributed by atoms with Crippen LogP contribution in [0.15, 0.2) is 42.5 Å². The Morgan fingerprint density at radius 3 is 2.19 bits per heavy atom. The molecule has 0 radical (unpaired) electrons. The van der Waals surface area contributed by atoms with Crippen molar-refractivity contribution in [3.63, 3.8) is 0 Å². The van der Waals surface area contributed by atoms with Gasteiger partial charge in [0.05, 0.1) is 20.8 Å². The van der Waals surface area contributed by atoms with Crippen molar-refractivity contribution in [2.75, 3.05) is 20.8 Å². The highest BCUT2D eigenvalue weighted by Gasteiger charge is 2.06. The first-order valence-electron chi connectivity index (χ1n) is 9.40. The van der Waals surface area contributed by atoms with Crippen LogP contribution in [0.1, 0.15) is 43.7 Å². The summed E-state index contributed by atoms with van der Waals surface area (Å²) in [6.07, 6.45) is 4.80. The van der Waals surface area contributed by atoms with Crippen molar-refractivity contribution in [3.05, 3.63) is 53.6 Å². The third-order valence-electron chi connectivity index (χ3n) is 4.30. The number of rotatable bonds is 12. The van der Waals surface area contributed by atoms with Crippen LogP contribution in [0.25, 0.3) is 0 Å². The van der Waals surface area contributed by atoms with E-state index in [2.05, 4.69) is 30.4 Å². The van der Waals surface area contributed by atoms with Gasteiger partial charge >= 0.3 is 0 Å². The summed E-state index contributed by atoms with van der Waals surface area (Å²) in [5.41, 5.74) is 2.40. The second-order valence-electron chi connectivity index (χ2n) is 6.35. The third kappa shape index (κ3) is 6.60. The van der Waals surface area contributed by atoms with Gasteiger partial charge in [0.1, 0.15) is 5.75 Å². The van der Waals surface area contributed by atoms with Crippen LogP contribution < -0.4 is 19.5 Å². The molecule has 0 aliphatic heterocycles. The van der Waals surface area contributed by atoms with E-state index in [9.17, 15) is 0 Å². The summed E-state index contributed by atoms with van der Waals surface area (Å²) < 4.78 is 16.5. The SMILES string of the molecule is CCCCCCOc1ccc(CNCc2ccc(OC)cc2)cc1OC. The van der Waals surface area contributed by atoms with E-state index in [1.54, 1.807) is 14.2 Å². The molecule has 0 heterocycles. The van der Waals surface area contributed by atoms with Gasteiger partial charge in [-0.2, -0.15) is 0 Å². The largest absolute Gasteiger partial charge is 0.497 e. The van der Waals surface area contributed by atoms with Crippen LogP contribution in [0.3, 0.4) is 0 Å². The van der Waals surface area contributed by atoms with E-state index < -0.39 is 0 Å². The minimum absolute atomic E-state index is 0.741. The maximum absolute atomic E-state index is 5.87. The van der Waals surface area contributed by atoms with Gasteiger partial charge in [-0.15, -0.1) is 0 Å². The molecule has 0 aromatic heterocycles. The predicted octanol–water partition coefficient (Wildman–Crippen LogP) is 4.95. The zero-order chi connectivity index (χ0) is 18.6. The number of nitrogens with one attached hydrogen (secondary N) is 1. The van der Waals surface area contributed by atoms with E-state index in [0.717, 1.165) is 43.4 Å². The first-order chi connectivity index (χ1) is 12.8. The minimum Gasteiger partial charge on any atom is -0.497 e. The van der Waals surface area contributed by atoms with Gasteiger partial charge in [0.25, 0.3) is 0 Å². The van der Waals surface area contributed by atoms with Gasteiger partial charge in [0.2, 0.25) is 0 Å². The van der Waals surface area contributed by atoms with Crippen molar-refractivity contribution < 1.29 is 14.2 Å². The van der Waals surface area contributed by atoms with Gasteiger partial charge in [0, 0.05) is 13.1 Å². The highest BCUT2D eigenvalue weighted by atomic mass is 16.5. The smallest absolute Gasteiger partial charge is 0.161 e. The molecule has 0 atom stereocenters. The molecule has 0 aliphatic carbocycles. The number of ether oxygens (including phenoxy) is 3. The van der Waals surface area contributed by atoms with Crippen molar-refractivity contribution >= 4 is 0 Å². The second-order valence-corrected chi connectivity index (χ2v) is 6.35. The normalized spacial score (nSPS) is 10.6. The maximum atomic E-state index is 5.87. The molecule has 0 bridgehead atoms. The topological polar surface area (TPSA) is 39.7 Å². The average Bonchev–Trinajstić information content (AvgIpc) is 2.69. The number of hydrogen-bond acceptors (Lipinski definition) is 4. The molecule has 0 spiro atoms. The fourth-order valence-electron chi connectivity index (χ4n) is 2.75. The standard InChI is InChI=1S/C22H31NO3/c1-4-5-6-7-14-26-21-13-10-19(15-22(21)25-3)17-23-16-18-8-11-20(24-2)12-9-18/h8-13,15,23H,4-7,14,16-17H2,1-3H3. The Bertz CT molecular complexity index is 640. The van der Waals surface area contributed by atoms with E-state index >= 15 is 0 Å². The highest BCUT2D eigenvalue weighted by Crippen LogP contribution is 2.28. The number of unbranched alkanes of at least 4 members (excludes halogenated alkanes) is 3. The lowest BCUT2D eigenvalue weighted by Gasteiger charge is -2.13. The molecule has 2 aromatic rings. The van der Waals surface area contributed by atoms with Crippen LogP contribution in [0.4, 0.5) is 0 Å². The summed E-state index contributed by atoms with van der Waals surface area (Å²) >= 11 is 0. The summed E-state index contributed by atoms with van der Waals surface area (Å²) in [5.74, 6) is 2.50. The van der Waals surface area contributed by atoms with Crippen molar-refractivity contribution in [1.29, 1.82) is 0 Å². The van der Waals surface area contributed by atoms with Gasteiger partial charge < -0.3 is 19.5 Å². The minimum atomic E-state index is 0.741. The Balaban J connectivity index is 1.81. The monoisotopic (exact) mass is 357 g/mol. The van der Waals surface area contributed by atoms with Gasteiger partial charge in [-0.3, -0.25) is 0 Å². The highest BCUT2D eigenvalue weighted by molar-refractivity contribution is 5.43. The van der Waals surface area contributed by atoms with Crippen LogP contribution in [-0.4, -0.2) is 20.8 Å². The summed E-state index contributed by atoms with van der Waals surface area (Å²) in [6, 6.07) is 14.2. The van der Waals surface area contributed by atoms with E-state index in [1.165, 1.54) is 30.4 Å². The Morgan fingerprint density at radius 1 is 0.769 bits per heavy atom. The van der Waals surface area contributed by atoms with E-state index in [-0.39, 0.29) is 0 Å². The Labute approximate surface area is 157 Å². The number of methoxy groups -OCH3 is 2. The van der Waals surface area contributed by atoms with E-state index in [4.69, 9.17) is 14.2 Å². The van der Waals surface area contributed by atoms with Gasteiger partial charge in [-0.1, -0.05) is 44.4 Å². The van der Waals surface area contributed by atoms with Crippen LogP contribution in [-0.2, 0) is 13.1 Å². The molecule has 0 amide bonds. The summed E-state index contributed by atoms with van der Waals surface area (Å²) in [7, 11) is 3.37. The Kier molecular flexibility index (Phi) is 8.84. The van der Waals surface area contributed by atoms with Crippen molar-refractivity contribution in [2.24, 2.45) is 0 Å². The summed E-state index contributed by atoms with van der Waals surface area (Å²) in [6.45, 7) is 4.54. The molecule has 0 fully saturated rings. The number of hydrogen-bond donors (Lipinski definition) is 1. The fraction of sp³-hybridized carbons (Fsp3) is 0.455. The van der Waals surface area contributed by atoms with Crippen LogP contribution in [0.2, 0.25) is 0 Å². The molecule has 2 rings (SSSR count). The molecule has 4 heteroatoms. The van der Waals surface area contributed by atoms with E-state index in [0.29, 0.717) is 0 Å². The lowest BCUT2D eigenvalue weighted by molar-refractivity contribution is 0.285. The van der Waals surface area contributed by atoms with Gasteiger partial charge in [-0.25, -0.2) is 0 Å². The molecular formula is C22H31NO3. The molecule has 1 N–H and O–H groups in total. The van der Waals surface area contributed by atoms with Gasteiger partial charge in [-0.05, 0) is 41.8 Å². The summed E-state index contributed by atoms with van der Waals surface area (Å²) in [5, 5.41) is 3.46. The van der Waals surface area contributed by atoms with Crippen LogP contribution in [0.5, 0.6) is 17.2 Å². The first kappa shape index (κ1) is 20.1. The first-order valence-corrected chi connectivity index (χ1v) is 9.40. The lowest BCUT2D eigenvalue weighted by atomic mass is 10.1. The zero-order valence-corrected chi connectivity index (χ0v) is 16.2. The van der Waals surface area contributed by atoms with Gasteiger partial charge in [0.15, 0.2) is 11.5 Å². The molecule has 142 valence electrons. The average molecular weight is 357 g/mol. The quantitative estimate of drug-likeness (QED) is 0.546. The van der Waals surface area contributed by atoms with Crippen molar-refractivity contribution in [2.45, 2.75) is 45.7 Å². The maximum Gasteiger partial charge on any atom is 0.161 e. The van der Waals surface area contributed by atoms with Crippen molar-refractivity contribution in [1.82, 2.24) is 5.32 Å². The fourth-order valence-corrected chi connectivity index (χ4v) is 2.75. The summed E-state index contributed by atoms with van der Waals surface area (Å²) in [4.78, 5) is 0. The van der Waals surface area contributed by atoms with Crippen LogP contribution >= 0.6 is 0 Å².